The molecule has 1 unspecified atom stereocenters. The van der Waals surface area contributed by atoms with Crippen LogP contribution in [0.5, 0.6) is 0 Å². The summed E-state index contributed by atoms with van der Waals surface area (Å²) >= 11 is 0. The molecule has 4 aromatic heterocycles. The van der Waals surface area contributed by atoms with Gasteiger partial charge >= 0.3 is 0 Å². The number of pyridine rings is 3. The van der Waals surface area contributed by atoms with E-state index in [9.17, 15) is 4.39 Å². The highest BCUT2D eigenvalue weighted by Gasteiger charge is 2.33. The zero-order valence-electron chi connectivity index (χ0n) is 20.7. The van der Waals surface area contributed by atoms with Crippen LogP contribution in [0.2, 0.25) is 0 Å². The molecule has 1 aliphatic heterocycles. The van der Waals surface area contributed by atoms with Gasteiger partial charge in [-0.25, -0.2) is 24.3 Å². The van der Waals surface area contributed by atoms with E-state index in [0.29, 0.717) is 17.5 Å². The van der Waals surface area contributed by atoms with E-state index in [-0.39, 0.29) is 17.3 Å². The van der Waals surface area contributed by atoms with Gasteiger partial charge in [-0.15, -0.1) is 0 Å². The van der Waals surface area contributed by atoms with E-state index in [1.807, 2.05) is 24.4 Å². The second kappa shape index (κ2) is 9.33. The second-order valence-electron chi connectivity index (χ2n) is 10.0. The van der Waals surface area contributed by atoms with Crippen molar-refractivity contribution in [1.29, 1.82) is 0 Å². The van der Waals surface area contributed by atoms with E-state index in [0.717, 1.165) is 52.9 Å². The number of rotatable bonds is 6. The molecule has 0 aromatic carbocycles. The first-order valence-corrected chi connectivity index (χ1v) is 12.3. The van der Waals surface area contributed by atoms with Crippen LogP contribution in [0.25, 0.3) is 27.9 Å². The van der Waals surface area contributed by atoms with Crippen molar-refractivity contribution in [2.45, 2.75) is 26.3 Å². The first-order valence-electron chi connectivity index (χ1n) is 12.3. The van der Waals surface area contributed by atoms with E-state index in [2.05, 4.69) is 56.9 Å². The number of aromatic nitrogens is 5. The van der Waals surface area contributed by atoms with Crippen molar-refractivity contribution in [3.8, 4) is 11.4 Å². The average Bonchev–Trinajstić information content (AvgIpc) is 2.84. The topological polar surface area (TPSA) is 101 Å². The fraction of sp³-hybridized carbons (Fsp3) is 0.250. The van der Waals surface area contributed by atoms with Gasteiger partial charge in [-0.1, -0.05) is 32.1 Å². The Kier molecular flexibility index (Phi) is 5.84. The number of hydrogen-bond donors (Lipinski definition) is 3. The number of halogens is 1. The summed E-state index contributed by atoms with van der Waals surface area (Å²) in [6.07, 6.45) is 13.9. The predicted octanol–water partition coefficient (Wildman–Crippen LogP) is 5.12. The van der Waals surface area contributed by atoms with E-state index >= 15 is 0 Å². The molecule has 186 valence electrons. The Morgan fingerprint density at radius 2 is 1.86 bits per heavy atom. The quantitative estimate of drug-likeness (QED) is 0.340. The Morgan fingerprint density at radius 3 is 2.62 bits per heavy atom. The van der Waals surface area contributed by atoms with Gasteiger partial charge in [0.25, 0.3) is 0 Å². The van der Waals surface area contributed by atoms with Crippen molar-refractivity contribution in [1.82, 2.24) is 30.2 Å². The highest BCUT2D eigenvalue weighted by molar-refractivity contribution is 6.02. The Morgan fingerprint density at radius 1 is 1.05 bits per heavy atom. The van der Waals surface area contributed by atoms with Gasteiger partial charge in [0.15, 0.2) is 5.82 Å². The molecule has 9 heteroatoms. The van der Waals surface area contributed by atoms with E-state index < -0.39 is 0 Å². The van der Waals surface area contributed by atoms with Crippen molar-refractivity contribution >= 4 is 33.9 Å². The normalized spacial score (nSPS) is 18.2. The first-order chi connectivity index (χ1) is 18.0. The van der Waals surface area contributed by atoms with Crippen LogP contribution < -0.4 is 16.0 Å². The van der Waals surface area contributed by atoms with Crippen molar-refractivity contribution in [3.05, 3.63) is 78.7 Å². The third-order valence-corrected chi connectivity index (χ3v) is 6.91. The molecule has 37 heavy (non-hydrogen) atoms. The number of nitrogens with one attached hydrogen (secondary N) is 3. The lowest BCUT2D eigenvalue weighted by Crippen LogP contribution is -2.49. The summed E-state index contributed by atoms with van der Waals surface area (Å²) in [5.41, 5.74) is 3.70. The van der Waals surface area contributed by atoms with Gasteiger partial charge in [0, 0.05) is 48.4 Å². The summed E-state index contributed by atoms with van der Waals surface area (Å²) in [6, 6.07) is 6.55. The van der Waals surface area contributed by atoms with Crippen molar-refractivity contribution < 1.29 is 4.39 Å². The number of anilines is 3. The smallest absolute Gasteiger partial charge is 0.162 e. The zero-order valence-corrected chi connectivity index (χ0v) is 20.7. The van der Waals surface area contributed by atoms with Gasteiger partial charge in [0.1, 0.15) is 23.3 Å². The lowest BCUT2D eigenvalue weighted by Gasteiger charge is -2.40. The number of allylic oxidation sites excluding steroid dienone is 4. The maximum absolute atomic E-state index is 13.6. The van der Waals surface area contributed by atoms with E-state index in [1.54, 1.807) is 12.4 Å². The monoisotopic (exact) mass is 494 g/mol. The third kappa shape index (κ3) is 4.65. The molecule has 0 radical (unpaired) electrons. The average molecular weight is 495 g/mol. The zero-order chi connectivity index (χ0) is 25.4. The summed E-state index contributed by atoms with van der Waals surface area (Å²) in [5, 5.41) is 11.3. The molecule has 1 fully saturated rings. The van der Waals surface area contributed by atoms with Gasteiger partial charge in [0.2, 0.25) is 0 Å². The van der Waals surface area contributed by atoms with E-state index in [1.165, 1.54) is 18.3 Å². The lowest BCUT2D eigenvalue weighted by atomic mass is 9.80. The molecular weight excluding hydrogens is 467 g/mol. The second-order valence-corrected chi connectivity index (χ2v) is 10.0. The summed E-state index contributed by atoms with van der Waals surface area (Å²) < 4.78 is 13.6. The minimum absolute atomic E-state index is 0.0459. The van der Waals surface area contributed by atoms with Gasteiger partial charge in [0.05, 0.1) is 17.1 Å². The molecule has 1 atom stereocenters. The van der Waals surface area contributed by atoms with Gasteiger partial charge in [-0.2, -0.15) is 0 Å². The summed E-state index contributed by atoms with van der Waals surface area (Å²) in [7, 11) is 0. The molecule has 4 aromatic rings. The van der Waals surface area contributed by atoms with Crippen LogP contribution in [0.1, 0.15) is 25.8 Å². The highest BCUT2D eigenvalue weighted by Crippen LogP contribution is 2.36. The molecule has 1 saturated heterocycles. The Labute approximate surface area is 214 Å². The number of piperidine rings is 1. The number of hydrogen-bond acceptors (Lipinski definition) is 8. The van der Waals surface area contributed by atoms with Crippen LogP contribution in [-0.4, -0.2) is 44.1 Å². The van der Waals surface area contributed by atoms with Gasteiger partial charge in [-0.3, -0.25) is 4.98 Å². The van der Waals surface area contributed by atoms with Crippen LogP contribution in [0.4, 0.5) is 21.8 Å². The number of nitrogens with zero attached hydrogens (tertiary/aromatic N) is 5. The SMILES string of the molecule is CC1(C)CNCCC1Nc1nc(-c2ccnc(Nc3cc(F)ccn3)c2)nc2cncc(C3=CC=C3)c12. The molecule has 1 aliphatic carbocycles. The van der Waals surface area contributed by atoms with Crippen LogP contribution in [0.15, 0.2) is 67.3 Å². The minimum Gasteiger partial charge on any atom is -0.366 e. The summed E-state index contributed by atoms with van der Waals surface area (Å²) in [6.45, 7) is 6.41. The van der Waals surface area contributed by atoms with Crippen molar-refractivity contribution in [2.24, 2.45) is 5.41 Å². The van der Waals surface area contributed by atoms with Crippen LogP contribution >= 0.6 is 0 Å². The molecule has 0 amide bonds. The molecule has 0 saturated carbocycles. The molecule has 6 rings (SSSR count). The Bertz CT molecular complexity index is 1540. The summed E-state index contributed by atoms with van der Waals surface area (Å²) in [4.78, 5) is 22.9. The molecule has 8 nitrogen and oxygen atoms in total. The first kappa shape index (κ1) is 23.2. The molecule has 2 aliphatic rings. The maximum Gasteiger partial charge on any atom is 0.162 e. The lowest BCUT2D eigenvalue weighted by molar-refractivity contribution is 0.236. The van der Waals surface area contributed by atoms with Crippen LogP contribution in [0.3, 0.4) is 0 Å². The fourth-order valence-corrected chi connectivity index (χ4v) is 4.75. The van der Waals surface area contributed by atoms with Crippen molar-refractivity contribution in [2.75, 3.05) is 23.7 Å². The third-order valence-electron chi connectivity index (χ3n) is 6.91. The Hall–Kier alpha value is -4.24. The van der Waals surface area contributed by atoms with Crippen LogP contribution in [0, 0.1) is 11.2 Å². The summed E-state index contributed by atoms with van der Waals surface area (Å²) in [5.74, 6) is 1.86. The Balaban J connectivity index is 1.43. The van der Waals surface area contributed by atoms with E-state index in [4.69, 9.17) is 9.97 Å². The largest absolute Gasteiger partial charge is 0.366 e. The van der Waals surface area contributed by atoms with Crippen molar-refractivity contribution in [3.63, 3.8) is 0 Å². The molecule has 3 N–H and O–H groups in total. The van der Waals surface area contributed by atoms with Crippen LogP contribution in [-0.2, 0) is 0 Å². The fourth-order valence-electron chi connectivity index (χ4n) is 4.75. The standard InChI is InChI=1S/C28H27FN8/c1-28(2)16-30-9-8-22(28)35-27-25-20(17-4-3-5-17)14-31-15-21(25)34-26(37-27)18-6-10-32-23(12-18)36-24-13-19(29)7-11-33-24/h3-7,10-15,22,30H,8-9,16H2,1-2H3,(H,32,33,36)(H,34,35,37). The molecule has 5 heterocycles. The van der Waals surface area contributed by atoms with Gasteiger partial charge in [-0.05, 0) is 42.2 Å². The molecule has 0 spiro atoms. The number of fused-ring (bicyclic) bond motifs is 1. The molecular formula is C28H27FN8. The highest BCUT2D eigenvalue weighted by atomic mass is 19.1. The maximum atomic E-state index is 13.6. The predicted molar refractivity (Wildman–Crippen MR) is 144 cm³/mol. The molecule has 0 bridgehead atoms. The minimum atomic E-state index is -0.372. The van der Waals surface area contributed by atoms with Gasteiger partial charge < -0.3 is 16.0 Å².